The lowest BCUT2D eigenvalue weighted by Gasteiger charge is -2.09. The van der Waals surface area contributed by atoms with E-state index < -0.39 is 0 Å². The minimum atomic E-state index is 0.0334. The highest BCUT2D eigenvalue weighted by Gasteiger charge is 2.06. The molecule has 0 saturated heterocycles. The highest BCUT2D eigenvalue weighted by molar-refractivity contribution is 9.10. The maximum absolute atomic E-state index is 5.80. The lowest BCUT2D eigenvalue weighted by atomic mass is 10.1. The van der Waals surface area contributed by atoms with Crippen LogP contribution in [0.3, 0.4) is 0 Å². The van der Waals surface area contributed by atoms with E-state index in [2.05, 4.69) is 26.0 Å². The molecule has 0 spiro atoms. The van der Waals surface area contributed by atoms with Gasteiger partial charge in [-0.25, -0.2) is 9.67 Å². The number of hydrogen-bond donors (Lipinski definition) is 1. The average Bonchev–Trinajstić information content (AvgIpc) is 2.70. The minimum absolute atomic E-state index is 0.0334. The van der Waals surface area contributed by atoms with Gasteiger partial charge in [0.15, 0.2) is 0 Å². The standard InChI is InChI=1S/C10H11BrN4/c1-7(12)8-2-3-10(9(11)4-8)15-6-13-5-14-15/h2-7H,12H2,1H3. The van der Waals surface area contributed by atoms with Gasteiger partial charge in [0.05, 0.1) is 5.69 Å². The molecular formula is C10H11BrN4. The fraction of sp³-hybridized carbons (Fsp3) is 0.200. The molecule has 0 aliphatic heterocycles. The van der Waals surface area contributed by atoms with Crippen molar-refractivity contribution in [3.05, 3.63) is 40.9 Å². The Bertz CT molecular complexity index is 450. The van der Waals surface area contributed by atoms with Crippen molar-refractivity contribution >= 4 is 15.9 Å². The van der Waals surface area contributed by atoms with Crippen LogP contribution in [-0.2, 0) is 0 Å². The molecule has 1 aromatic carbocycles. The van der Waals surface area contributed by atoms with Gasteiger partial charge in [-0.2, -0.15) is 5.10 Å². The highest BCUT2D eigenvalue weighted by atomic mass is 79.9. The van der Waals surface area contributed by atoms with Crippen LogP contribution in [0.2, 0.25) is 0 Å². The minimum Gasteiger partial charge on any atom is -0.324 e. The van der Waals surface area contributed by atoms with E-state index in [0.717, 1.165) is 15.7 Å². The third kappa shape index (κ3) is 2.08. The van der Waals surface area contributed by atoms with Gasteiger partial charge < -0.3 is 5.73 Å². The number of halogens is 1. The zero-order valence-electron chi connectivity index (χ0n) is 8.26. The zero-order valence-corrected chi connectivity index (χ0v) is 9.85. The third-order valence-corrected chi connectivity index (χ3v) is 2.80. The van der Waals surface area contributed by atoms with Crippen molar-refractivity contribution in [3.8, 4) is 5.69 Å². The van der Waals surface area contributed by atoms with Gasteiger partial charge in [0, 0.05) is 10.5 Å². The second kappa shape index (κ2) is 4.12. The molecule has 0 fully saturated rings. The molecule has 5 heteroatoms. The molecule has 0 saturated carbocycles. The number of rotatable bonds is 2. The number of aromatic nitrogens is 3. The van der Waals surface area contributed by atoms with Crippen LogP contribution in [0.25, 0.3) is 5.69 Å². The van der Waals surface area contributed by atoms with Gasteiger partial charge in [-0.15, -0.1) is 0 Å². The van der Waals surface area contributed by atoms with Crippen molar-refractivity contribution in [1.29, 1.82) is 0 Å². The fourth-order valence-electron chi connectivity index (χ4n) is 1.32. The van der Waals surface area contributed by atoms with Crippen LogP contribution in [0.15, 0.2) is 35.3 Å². The Balaban J connectivity index is 2.44. The van der Waals surface area contributed by atoms with Crippen molar-refractivity contribution in [3.63, 3.8) is 0 Å². The second-order valence-corrected chi connectivity index (χ2v) is 4.19. The topological polar surface area (TPSA) is 56.7 Å². The van der Waals surface area contributed by atoms with E-state index >= 15 is 0 Å². The Labute approximate surface area is 96.3 Å². The van der Waals surface area contributed by atoms with E-state index in [1.54, 1.807) is 11.0 Å². The Morgan fingerprint density at radius 2 is 2.27 bits per heavy atom. The molecule has 1 heterocycles. The van der Waals surface area contributed by atoms with E-state index in [9.17, 15) is 0 Å². The van der Waals surface area contributed by atoms with Crippen LogP contribution in [0.1, 0.15) is 18.5 Å². The quantitative estimate of drug-likeness (QED) is 0.905. The van der Waals surface area contributed by atoms with E-state index in [-0.39, 0.29) is 6.04 Å². The average molecular weight is 267 g/mol. The molecule has 0 amide bonds. The summed E-state index contributed by atoms with van der Waals surface area (Å²) >= 11 is 3.49. The summed E-state index contributed by atoms with van der Waals surface area (Å²) in [4.78, 5) is 3.90. The van der Waals surface area contributed by atoms with Gasteiger partial charge in [0.1, 0.15) is 12.7 Å². The number of nitrogens with zero attached hydrogens (tertiary/aromatic N) is 3. The first kappa shape index (κ1) is 10.3. The molecule has 1 atom stereocenters. The molecule has 2 aromatic rings. The summed E-state index contributed by atoms with van der Waals surface area (Å²) in [6, 6.07) is 6.00. The molecule has 0 radical (unpaired) electrons. The molecule has 2 N–H and O–H groups in total. The molecule has 0 bridgehead atoms. The number of nitrogens with two attached hydrogens (primary N) is 1. The predicted octanol–water partition coefficient (Wildman–Crippen LogP) is 2.05. The molecule has 4 nitrogen and oxygen atoms in total. The second-order valence-electron chi connectivity index (χ2n) is 3.34. The molecular weight excluding hydrogens is 256 g/mol. The van der Waals surface area contributed by atoms with Crippen LogP contribution in [0.5, 0.6) is 0 Å². The Morgan fingerprint density at radius 3 is 2.80 bits per heavy atom. The fourth-order valence-corrected chi connectivity index (χ4v) is 1.90. The molecule has 15 heavy (non-hydrogen) atoms. The van der Waals surface area contributed by atoms with E-state index in [1.165, 1.54) is 6.33 Å². The van der Waals surface area contributed by atoms with Gasteiger partial charge in [-0.05, 0) is 40.5 Å². The summed E-state index contributed by atoms with van der Waals surface area (Å²) < 4.78 is 2.66. The van der Waals surface area contributed by atoms with Crippen molar-refractivity contribution in [2.24, 2.45) is 5.73 Å². The van der Waals surface area contributed by atoms with E-state index in [0.29, 0.717) is 0 Å². The van der Waals surface area contributed by atoms with Gasteiger partial charge in [0.2, 0.25) is 0 Å². The monoisotopic (exact) mass is 266 g/mol. The molecule has 2 rings (SSSR count). The Hall–Kier alpha value is -1.20. The van der Waals surface area contributed by atoms with Crippen LogP contribution in [0, 0.1) is 0 Å². The maximum atomic E-state index is 5.80. The number of hydrogen-bond acceptors (Lipinski definition) is 3. The molecule has 78 valence electrons. The van der Waals surface area contributed by atoms with Crippen molar-refractivity contribution in [2.45, 2.75) is 13.0 Å². The summed E-state index contributed by atoms with van der Waals surface area (Å²) in [7, 11) is 0. The molecule has 1 aromatic heterocycles. The van der Waals surface area contributed by atoms with Crippen molar-refractivity contribution < 1.29 is 0 Å². The first-order valence-electron chi connectivity index (χ1n) is 4.58. The number of benzene rings is 1. The normalized spacial score (nSPS) is 12.7. The smallest absolute Gasteiger partial charge is 0.138 e. The summed E-state index contributed by atoms with van der Waals surface area (Å²) in [5.74, 6) is 0. The largest absolute Gasteiger partial charge is 0.324 e. The molecule has 0 aliphatic rings. The molecule has 0 aliphatic carbocycles. The highest BCUT2D eigenvalue weighted by Crippen LogP contribution is 2.23. The van der Waals surface area contributed by atoms with Crippen LogP contribution >= 0.6 is 15.9 Å². The first-order chi connectivity index (χ1) is 7.18. The molecule has 1 unspecified atom stereocenters. The summed E-state index contributed by atoms with van der Waals surface area (Å²) in [6.45, 7) is 1.96. The summed E-state index contributed by atoms with van der Waals surface area (Å²) in [5.41, 5.74) is 7.84. The van der Waals surface area contributed by atoms with Gasteiger partial charge in [-0.1, -0.05) is 6.07 Å². The lowest BCUT2D eigenvalue weighted by Crippen LogP contribution is -2.05. The third-order valence-electron chi connectivity index (χ3n) is 2.16. The Kier molecular flexibility index (Phi) is 2.83. The van der Waals surface area contributed by atoms with Gasteiger partial charge in [0.25, 0.3) is 0 Å². The van der Waals surface area contributed by atoms with Crippen LogP contribution < -0.4 is 5.73 Å². The van der Waals surface area contributed by atoms with E-state index in [4.69, 9.17) is 5.73 Å². The maximum Gasteiger partial charge on any atom is 0.138 e. The van der Waals surface area contributed by atoms with Crippen molar-refractivity contribution in [2.75, 3.05) is 0 Å². The Morgan fingerprint density at radius 1 is 1.47 bits per heavy atom. The van der Waals surface area contributed by atoms with Gasteiger partial charge in [-0.3, -0.25) is 0 Å². The predicted molar refractivity (Wildman–Crippen MR) is 61.7 cm³/mol. The van der Waals surface area contributed by atoms with Gasteiger partial charge >= 0.3 is 0 Å². The zero-order chi connectivity index (χ0) is 10.8. The van der Waals surface area contributed by atoms with Crippen LogP contribution in [0.4, 0.5) is 0 Å². The summed E-state index contributed by atoms with van der Waals surface area (Å²) in [5, 5.41) is 4.07. The SMILES string of the molecule is CC(N)c1ccc(-n2cncn2)c(Br)c1. The van der Waals surface area contributed by atoms with Crippen molar-refractivity contribution in [1.82, 2.24) is 14.8 Å². The summed E-state index contributed by atoms with van der Waals surface area (Å²) in [6.07, 6.45) is 3.16. The first-order valence-corrected chi connectivity index (χ1v) is 5.38. The van der Waals surface area contributed by atoms with Crippen LogP contribution in [-0.4, -0.2) is 14.8 Å². The lowest BCUT2D eigenvalue weighted by molar-refractivity contribution is 0.812. The van der Waals surface area contributed by atoms with E-state index in [1.807, 2.05) is 25.1 Å².